The number of rotatable bonds is 9. The third-order valence-corrected chi connectivity index (χ3v) is 9.60. The molecule has 0 N–H and O–H groups in total. The standard InChI is InChI=1S/C20H39P/c1-2-3-4-5-6-13-18-21(19-14-9-7-10-15-19)20-16-11-8-12-17-20/h19-20H,2-18H2,1H3. The lowest BCUT2D eigenvalue weighted by Crippen LogP contribution is -2.22. The lowest BCUT2D eigenvalue weighted by atomic mass is 9.99. The van der Waals surface area contributed by atoms with E-state index in [0.717, 1.165) is 0 Å². The summed E-state index contributed by atoms with van der Waals surface area (Å²) in [6.07, 6.45) is 26.2. The van der Waals surface area contributed by atoms with Gasteiger partial charge in [0.05, 0.1) is 0 Å². The SMILES string of the molecule is CCCCCCCCP(C1CCCCC1)C1CCCCC1. The fourth-order valence-corrected chi connectivity index (χ4v) is 8.54. The highest BCUT2D eigenvalue weighted by molar-refractivity contribution is 7.59. The molecule has 0 spiro atoms. The molecule has 0 nitrogen and oxygen atoms in total. The molecule has 2 aliphatic carbocycles. The van der Waals surface area contributed by atoms with Crippen LogP contribution in [0.4, 0.5) is 0 Å². The van der Waals surface area contributed by atoms with Crippen molar-refractivity contribution in [3.8, 4) is 0 Å². The molecule has 0 saturated heterocycles. The average Bonchev–Trinajstić information content (AvgIpc) is 2.56. The predicted molar refractivity (Wildman–Crippen MR) is 98.9 cm³/mol. The Labute approximate surface area is 135 Å². The molecule has 2 saturated carbocycles. The van der Waals surface area contributed by atoms with Crippen molar-refractivity contribution in [2.75, 3.05) is 6.16 Å². The van der Waals surface area contributed by atoms with Crippen molar-refractivity contribution in [2.24, 2.45) is 0 Å². The predicted octanol–water partition coefficient (Wildman–Crippen LogP) is 7.49. The topological polar surface area (TPSA) is 0 Å². The van der Waals surface area contributed by atoms with Crippen LogP contribution in [-0.2, 0) is 0 Å². The molecule has 2 fully saturated rings. The Morgan fingerprint density at radius 3 is 1.62 bits per heavy atom. The Morgan fingerprint density at radius 2 is 1.10 bits per heavy atom. The van der Waals surface area contributed by atoms with Crippen LogP contribution in [-0.4, -0.2) is 17.5 Å². The third kappa shape index (κ3) is 6.60. The maximum atomic E-state index is 2.32. The first-order valence-corrected chi connectivity index (χ1v) is 11.8. The summed E-state index contributed by atoms with van der Waals surface area (Å²) in [5.74, 6) is 0. The van der Waals surface area contributed by atoms with Crippen LogP contribution in [0.25, 0.3) is 0 Å². The second-order valence-corrected chi connectivity index (χ2v) is 10.5. The van der Waals surface area contributed by atoms with Gasteiger partial charge >= 0.3 is 0 Å². The summed E-state index contributed by atoms with van der Waals surface area (Å²) in [7, 11) is 0.379. The Morgan fingerprint density at radius 1 is 0.619 bits per heavy atom. The van der Waals surface area contributed by atoms with Gasteiger partial charge in [-0.2, -0.15) is 0 Å². The van der Waals surface area contributed by atoms with Gasteiger partial charge in [-0.25, -0.2) is 0 Å². The summed E-state index contributed by atoms with van der Waals surface area (Å²) < 4.78 is 0. The van der Waals surface area contributed by atoms with Gasteiger partial charge in [0.25, 0.3) is 0 Å². The van der Waals surface area contributed by atoms with Crippen LogP contribution in [0.15, 0.2) is 0 Å². The highest BCUT2D eigenvalue weighted by Crippen LogP contribution is 2.56. The second-order valence-electron chi connectivity index (χ2n) is 7.59. The van der Waals surface area contributed by atoms with Gasteiger partial charge in [-0.15, -0.1) is 7.92 Å². The largest absolute Gasteiger partial charge is 0.100 e. The van der Waals surface area contributed by atoms with Crippen LogP contribution in [0, 0.1) is 0 Å². The maximum absolute atomic E-state index is 2.32. The van der Waals surface area contributed by atoms with Crippen LogP contribution >= 0.6 is 7.92 Å². The molecule has 0 aliphatic heterocycles. The van der Waals surface area contributed by atoms with Gasteiger partial charge in [-0.3, -0.25) is 0 Å². The van der Waals surface area contributed by atoms with E-state index in [4.69, 9.17) is 0 Å². The molecule has 0 aromatic rings. The highest BCUT2D eigenvalue weighted by Gasteiger charge is 2.30. The average molecular weight is 311 g/mol. The molecule has 0 aromatic carbocycles. The van der Waals surface area contributed by atoms with E-state index in [1.54, 1.807) is 63.9 Å². The third-order valence-electron chi connectivity index (χ3n) is 5.86. The van der Waals surface area contributed by atoms with Gasteiger partial charge in [-0.1, -0.05) is 77.6 Å². The van der Waals surface area contributed by atoms with E-state index in [1.807, 2.05) is 0 Å². The Kier molecular flexibility index (Phi) is 9.35. The van der Waals surface area contributed by atoms with Crippen LogP contribution in [0.2, 0.25) is 0 Å². The number of hydrogen-bond donors (Lipinski definition) is 0. The van der Waals surface area contributed by atoms with Crippen molar-refractivity contribution < 1.29 is 0 Å². The smallest absolute Gasteiger partial charge is 0.0207 e. The second kappa shape index (κ2) is 11.0. The molecule has 2 aliphatic rings. The monoisotopic (exact) mass is 310 g/mol. The minimum Gasteiger partial charge on any atom is -0.100 e. The van der Waals surface area contributed by atoms with Crippen molar-refractivity contribution >= 4 is 7.92 Å². The van der Waals surface area contributed by atoms with Crippen molar-refractivity contribution in [1.29, 1.82) is 0 Å². The van der Waals surface area contributed by atoms with E-state index in [2.05, 4.69) is 6.92 Å². The van der Waals surface area contributed by atoms with Gasteiger partial charge in [0, 0.05) is 0 Å². The van der Waals surface area contributed by atoms with Gasteiger partial charge in [-0.05, 0) is 49.6 Å². The molecule has 21 heavy (non-hydrogen) atoms. The van der Waals surface area contributed by atoms with Crippen LogP contribution < -0.4 is 0 Å². The highest BCUT2D eigenvalue weighted by atomic mass is 31.1. The van der Waals surface area contributed by atoms with Crippen molar-refractivity contribution in [3.05, 3.63) is 0 Å². The summed E-state index contributed by atoms with van der Waals surface area (Å²) in [4.78, 5) is 0. The summed E-state index contributed by atoms with van der Waals surface area (Å²) in [6.45, 7) is 2.32. The number of hydrogen-bond acceptors (Lipinski definition) is 0. The molecule has 1 heteroatoms. The van der Waals surface area contributed by atoms with E-state index in [9.17, 15) is 0 Å². The summed E-state index contributed by atoms with van der Waals surface area (Å²) in [5, 5.41) is 0. The van der Waals surface area contributed by atoms with Gasteiger partial charge in [0.2, 0.25) is 0 Å². The first-order valence-electron chi connectivity index (χ1n) is 10.2. The van der Waals surface area contributed by atoms with E-state index in [1.165, 1.54) is 56.3 Å². The first kappa shape index (κ1) is 17.8. The van der Waals surface area contributed by atoms with Crippen molar-refractivity contribution in [2.45, 2.75) is 121 Å². The number of unbranched alkanes of at least 4 members (excludes halogenated alkanes) is 5. The fourth-order valence-electron chi connectivity index (χ4n) is 4.56. The summed E-state index contributed by atoms with van der Waals surface area (Å²) in [5.41, 5.74) is 2.35. The normalized spacial score (nSPS) is 22.0. The quantitative estimate of drug-likeness (QED) is 0.305. The van der Waals surface area contributed by atoms with Crippen LogP contribution in [0.1, 0.15) is 110 Å². The molecule has 0 amide bonds. The Hall–Kier alpha value is 0.430. The molecule has 124 valence electrons. The lowest BCUT2D eigenvalue weighted by Gasteiger charge is -2.38. The van der Waals surface area contributed by atoms with Gasteiger partial charge in [0.1, 0.15) is 0 Å². The van der Waals surface area contributed by atoms with Crippen LogP contribution in [0.3, 0.4) is 0 Å². The maximum Gasteiger partial charge on any atom is -0.0207 e. The van der Waals surface area contributed by atoms with Crippen molar-refractivity contribution in [3.63, 3.8) is 0 Å². The van der Waals surface area contributed by atoms with Crippen LogP contribution in [0.5, 0.6) is 0 Å². The molecule has 0 bridgehead atoms. The summed E-state index contributed by atoms with van der Waals surface area (Å²) in [6, 6.07) is 0. The van der Waals surface area contributed by atoms with E-state index < -0.39 is 0 Å². The first-order chi connectivity index (χ1) is 10.4. The molecule has 0 unspecified atom stereocenters. The van der Waals surface area contributed by atoms with E-state index in [0.29, 0.717) is 7.92 Å². The van der Waals surface area contributed by atoms with E-state index in [-0.39, 0.29) is 0 Å². The van der Waals surface area contributed by atoms with Crippen molar-refractivity contribution in [1.82, 2.24) is 0 Å². The molecular formula is C20H39P. The van der Waals surface area contributed by atoms with E-state index >= 15 is 0 Å². The van der Waals surface area contributed by atoms with Gasteiger partial charge < -0.3 is 0 Å². The molecular weight excluding hydrogens is 271 g/mol. The molecule has 0 radical (unpaired) electrons. The molecule has 0 atom stereocenters. The Bertz CT molecular complexity index is 220. The zero-order valence-corrected chi connectivity index (χ0v) is 15.5. The summed E-state index contributed by atoms with van der Waals surface area (Å²) >= 11 is 0. The molecule has 2 rings (SSSR count). The minimum absolute atomic E-state index is 0.379. The lowest BCUT2D eigenvalue weighted by molar-refractivity contribution is 0.483. The molecule has 0 heterocycles. The molecule has 0 aromatic heterocycles. The zero-order valence-electron chi connectivity index (χ0n) is 14.6. The van der Waals surface area contributed by atoms with Gasteiger partial charge in [0.15, 0.2) is 0 Å². The Balaban J connectivity index is 1.74. The fraction of sp³-hybridized carbons (Fsp3) is 1.00. The minimum atomic E-state index is 0.379. The zero-order chi connectivity index (χ0) is 14.8.